The summed E-state index contributed by atoms with van der Waals surface area (Å²) < 4.78 is 2.92. The molecule has 0 saturated heterocycles. The van der Waals surface area contributed by atoms with Crippen LogP contribution in [0.2, 0.25) is 0 Å². The maximum atomic E-state index is 4.51. The van der Waals surface area contributed by atoms with Gasteiger partial charge in [-0.1, -0.05) is 30.3 Å². The summed E-state index contributed by atoms with van der Waals surface area (Å²) in [6, 6.07) is 14.7. The number of aromatic nitrogens is 4. The number of halogens is 1. The molecule has 0 saturated carbocycles. The second-order valence-electron chi connectivity index (χ2n) is 5.86. The molecule has 0 bridgehead atoms. The average molecular weight is 394 g/mol. The van der Waals surface area contributed by atoms with E-state index in [1.54, 1.807) is 6.33 Å². The van der Waals surface area contributed by atoms with Gasteiger partial charge in [0.1, 0.15) is 12.1 Å². The van der Waals surface area contributed by atoms with E-state index in [0.29, 0.717) is 6.54 Å². The monoisotopic (exact) mass is 393 g/mol. The summed E-state index contributed by atoms with van der Waals surface area (Å²) in [6.07, 6.45) is 7.04. The molecule has 0 spiro atoms. The minimum atomic E-state index is 0.700. The van der Waals surface area contributed by atoms with Crippen molar-refractivity contribution in [3.05, 3.63) is 77.4 Å². The van der Waals surface area contributed by atoms with Gasteiger partial charge < -0.3 is 4.90 Å². The third-order valence-electron chi connectivity index (χ3n) is 4.09. The number of rotatable bonds is 4. The third kappa shape index (κ3) is 3.13. The largest absolute Gasteiger partial charge is 0.355 e. The highest BCUT2D eigenvalue weighted by Gasteiger charge is 2.13. The molecule has 3 aromatic heterocycles. The van der Waals surface area contributed by atoms with Gasteiger partial charge in [-0.05, 0) is 39.2 Å². The summed E-state index contributed by atoms with van der Waals surface area (Å²) in [5, 5.41) is 4.51. The highest BCUT2D eigenvalue weighted by atomic mass is 79.9. The summed E-state index contributed by atoms with van der Waals surface area (Å²) in [5.74, 6) is 1.01. The number of nitrogens with zero attached hydrogens (tertiary/aromatic N) is 5. The van der Waals surface area contributed by atoms with Gasteiger partial charge in [-0.15, -0.1) is 0 Å². The summed E-state index contributed by atoms with van der Waals surface area (Å²) in [4.78, 5) is 10.3. The first-order valence-corrected chi connectivity index (χ1v) is 8.69. The molecule has 0 atom stereocenters. The van der Waals surface area contributed by atoms with Crippen LogP contribution in [0.15, 0.2) is 71.9 Å². The molecule has 25 heavy (non-hydrogen) atoms. The van der Waals surface area contributed by atoms with E-state index in [9.17, 15) is 0 Å². The predicted octanol–water partition coefficient (Wildman–Crippen LogP) is 4.19. The lowest BCUT2D eigenvalue weighted by molar-refractivity contribution is 0.833. The highest BCUT2D eigenvalue weighted by Crippen LogP contribution is 2.30. The van der Waals surface area contributed by atoms with Crippen molar-refractivity contribution in [3.8, 4) is 11.1 Å². The Balaban J connectivity index is 1.81. The van der Waals surface area contributed by atoms with Gasteiger partial charge in [-0.25, -0.2) is 14.5 Å². The minimum absolute atomic E-state index is 0.700. The molecule has 0 aliphatic carbocycles. The van der Waals surface area contributed by atoms with Gasteiger partial charge in [-0.2, -0.15) is 5.10 Å². The lowest BCUT2D eigenvalue weighted by Gasteiger charge is -2.21. The molecule has 3 heterocycles. The standard InChI is InChI=1S/C19H16BrN5/c1-24(12-14-9-21-13-22-10-14)19-8-16(15-5-3-2-4-6-15)7-18-17(20)11-23-25(18)19/h2-11,13H,12H2,1H3. The first-order valence-electron chi connectivity index (χ1n) is 7.90. The molecule has 1 aromatic carbocycles. The van der Waals surface area contributed by atoms with Gasteiger partial charge in [0.2, 0.25) is 0 Å². The van der Waals surface area contributed by atoms with Crippen LogP contribution in [0.4, 0.5) is 5.82 Å². The Morgan fingerprint density at radius 3 is 2.52 bits per heavy atom. The van der Waals surface area contributed by atoms with Crippen molar-refractivity contribution in [3.63, 3.8) is 0 Å². The predicted molar refractivity (Wildman–Crippen MR) is 102 cm³/mol. The number of hydrogen-bond donors (Lipinski definition) is 0. The summed E-state index contributed by atoms with van der Waals surface area (Å²) in [7, 11) is 2.05. The topological polar surface area (TPSA) is 46.3 Å². The fraction of sp³-hybridized carbons (Fsp3) is 0.105. The molecule has 124 valence electrons. The maximum Gasteiger partial charge on any atom is 0.131 e. The smallest absolute Gasteiger partial charge is 0.131 e. The molecule has 6 heteroatoms. The normalized spacial score (nSPS) is 11.0. The van der Waals surface area contributed by atoms with E-state index < -0.39 is 0 Å². The van der Waals surface area contributed by atoms with E-state index in [0.717, 1.165) is 26.9 Å². The molecule has 4 aromatic rings. The van der Waals surface area contributed by atoms with Crippen LogP contribution >= 0.6 is 15.9 Å². The fourth-order valence-corrected chi connectivity index (χ4v) is 3.25. The van der Waals surface area contributed by atoms with Crippen LogP contribution in [0.5, 0.6) is 0 Å². The molecule has 5 nitrogen and oxygen atoms in total. The zero-order valence-corrected chi connectivity index (χ0v) is 15.3. The quantitative estimate of drug-likeness (QED) is 0.521. The van der Waals surface area contributed by atoms with Crippen LogP contribution in [0.25, 0.3) is 16.6 Å². The van der Waals surface area contributed by atoms with E-state index >= 15 is 0 Å². The first kappa shape index (κ1) is 15.8. The Labute approximate surface area is 154 Å². The molecule has 4 rings (SSSR count). The van der Waals surface area contributed by atoms with Crippen LogP contribution in [0.3, 0.4) is 0 Å². The van der Waals surface area contributed by atoms with E-state index in [-0.39, 0.29) is 0 Å². The van der Waals surface area contributed by atoms with Crippen LogP contribution < -0.4 is 4.90 Å². The fourth-order valence-electron chi connectivity index (χ4n) is 2.88. The van der Waals surface area contributed by atoms with Gasteiger partial charge in [-0.3, -0.25) is 0 Å². The molecule has 0 amide bonds. The number of fused-ring (bicyclic) bond motifs is 1. The summed E-state index contributed by atoms with van der Waals surface area (Å²) in [6.45, 7) is 0.700. The Morgan fingerprint density at radius 2 is 1.76 bits per heavy atom. The second kappa shape index (κ2) is 6.64. The number of anilines is 1. The van der Waals surface area contributed by atoms with Crippen molar-refractivity contribution >= 4 is 27.3 Å². The summed E-state index contributed by atoms with van der Waals surface area (Å²) in [5.41, 5.74) is 4.42. The molecule has 0 N–H and O–H groups in total. The highest BCUT2D eigenvalue weighted by molar-refractivity contribution is 9.10. The average Bonchev–Trinajstić information content (AvgIpc) is 3.03. The Hall–Kier alpha value is -2.73. The van der Waals surface area contributed by atoms with Crippen molar-refractivity contribution in [1.29, 1.82) is 0 Å². The molecule has 0 radical (unpaired) electrons. The van der Waals surface area contributed by atoms with Crippen molar-refractivity contribution in [2.24, 2.45) is 0 Å². The number of pyridine rings is 1. The van der Waals surface area contributed by atoms with Crippen LogP contribution in [-0.4, -0.2) is 26.6 Å². The Morgan fingerprint density at radius 1 is 1.00 bits per heavy atom. The molecule has 0 fully saturated rings. The van der Waals surface area contributed by atoms with Gasteiger partial charge in [0.05, 0.1) is 16.2 Å². The number of hydrogen-bond acceptors (Lipinski definition) is 4. The SMILES string of the molecule is CN(Cc1cncnc1)c1cc(-c2ccccc2)cc2c(Br)cnn12. The van der Waals surface area contributed by atoms with Gasteiger partial charge in [0.25, 0.3) is 0 Å². The molecular formula is C19H16BrN5. The molecule has 0 unspecified atom stereocenters. The van der Waals surface area contributed by atoms with Crippen molar-refractivity contribution in [1.82, 2.24) is 19.6 Å². The zero-order valence-electron chi connectivity index (χ0n) is 13.7. The van der Waals surface area contributed by atoms with Crippen molar-refractivity contribution in [2.75, 3.05) is 11.9 Å². The zero-order chi connectivity index (χ0) is 17.2. The van der Waals surface area contributed by atoms with Crippen LogP contribution in [-0.2, 0) is 6.54 Å². The van der Waals surface area contributed by atoms with Crippen LogP contribution in [0, 0.1) is 0 Å². The maximum absolute atomic E-state index is 4.51. The summed E-state index contributed by atoms with van der Waals surface area (Å²) >= 11 is 3.60. The number of benzene rings is 1. The van der Waals surface area contributed by atoms with Crippen molar-refractivity contribution in [2.45, 2.75) is 6.54 Å². The molecular weight excluding hydrogens is 378 g/mol. The second-order valence-corrected chi connectivity index (χ2v) is 6.71. The van der Waals surface area contributed by atoms with Gasteiger partial charge >= 0.3 is 0 Å². The first-order chi connectivity index (χ1) is 12.2. The van der Waals surface area contributed by atoms with Crippen molar-refractivity contribution < 1.29 is 0 Å². The van der Waals surface area contributed by atoms with Crippen LogP contribution in [0.1, 0.15) is 5.56 Å². The van der Waals surface area contributed by atoms with E-state index in [2.05, 4.69) is 72.3 Å². The van der Waals surface area contributed by atoms with E-state index in [1.807, 2.05) is 36.2 Å². The van der Waals surface area contributed by atoms with Gasteiger partial charge in [0.15, 0.2) is 0 Å². The van der Waals surface area contributed by atoms with E-state index in [1.165, 1.54) is 5.56 Å². The molecule has 0 aliphatic heterocycles. The third-order valence-corrected chi connectivity index (χ3v) is 4.70. The van der Waals surface area contributed by atoms with E-state index in [4.69, 9.17) is 0 Å². The lowest BCUT2D eigenvalue weighted by Crippen LogP contribution is -2.20. The lowest BCUT2D eigenvalue weighted by atomic mass is 10.1. The Bertz CT molecular complexity index is 998. The van der Waals surface area contributed by atoms with Gasteiger partial charge in [0, 0.05) is 31.5 Å². The molecule has 0 aliphatic rings. The minimum Gasteiger partial charge on any atom is -0.355 e. The Kier molecular flexibility index (Phi) is 4.19.